The molecule has 3 rings (SSSR count). The van der Waals surface area contributed by atoms with Crippen LogP contribution in [0.2, 0.25) is 0 Å². The number of nitrogens with zero attached hydrogens (tertiary/aromatic N) is 3. The molecule has 2 unspecified atom stereocenters. The number of carboxylic acids is 1. The summed E-state index contributed by atoms with van der Waals surface area (Å²) >= 11 is 0. The van der Waals surface area contributed by atoms with Gasteiger partial charge >= 0.3 is 5.97 Å². The van der Waals surface area contributed by atoms with Crippen LogP contribution in [0.15, 0.2) is 24.4 Å². The number of rotatable bonds is 4. The van der Waals surface area contributed by atoms with Gasteiger partial charge in [-0.15, -0.1) is 0 Å². The van der Waals surface area contributed by atoms with Crippen LogP contribution in [0.3, 0.4) is 0 Å². The molecule has 7 nitrogen and oxygen atoms in total. The van der Waals surface area contributed by atoms with E-state index in [1.807, 2.05) is 4.31 Å². The van der Waals surface area contributed by atoms with E-state index in [-0.39, 0.29) is 11.7 Å². The summed E-state index contributed by atoms with van der Waals surface area (Å²) in [5, 5.41) is 8.94. The number of benzene rings is 1. The number of aromatic nitrogens is 2. The van der Waals surface area contributed by atoms with Gasteiger partial charge in [0.05, 0.1) is 28.4 Å². The summed E-state index contributed by atoms with van der Waals surface area (Å²) in [7, 11) is -1.05. The van der Waals surface area contributed by atoms with Gasteiger partial charge in [-0.05, 0) is 25.0 Å². The Balaban J connectivity index is 1.94. The van der Waals surface area contributed by atoms with Crippen LogP contribution in [-0.4, -0.2) is 48.9 Å². The molecule has 9 heteroatoms. The molecule has 0 bridgehead atoms. The number of nitrogen functional groups attached to an aromatic ring is 1. The van der Waals surface area contributed by atoms with Crippen molar-refractivity contribution in [2.45, 2.75) is 18.8 Å². The zero-order chi connectivity index (χ0) is 18.8. The first-order valence-electron chi connectivity index (χ1n) is 8.11. The lowest BCUT2D eigenvalue weighted by Crippen LogP contribution is -2.35. The van der Waals surface area contributed by atoms with Crippen LogP contribution < -0.4 is 5.73 Å². The Morgan fingerprint density at radius 1 is 1.46 bits per heavy atom. The molecule has 1 fully saturated rings. The number of hydrogen-bond donors (Lipinski definition) is 2. The predicted molar refractivity (Wildman–Crippen MR) is 96.4 cm³/mol. The van der Waals surface area contributed by atoms with Crippen LogP contribution in [0, 0.1) is 5.82 Å². The molecule has 2 heterocycles. The molecular weight excluding hydrogens is 359 g/mol. The maximum absolute atomic E-state index is 14.0. The molecule has 1 aromatic heterocycles. The van der Waals surface area contributed by atoms with Crippen LogP contribution in [-0.2, 0) is 11.0 Å². The van der Waals surface area contributed by atoms with Gasteiger partial charge in [-0.1, -0.05) is 6.07 Å². The summed E-state index contributed by atoms with van der Waals surface area (Å²) in [6.07, 6.45) is 5.02. The van der Waals surface area contributed by atoms with Crippen molar-refractivity contribution in [2.24, 2.45) is 0 Å². The largest absolute Gasteiger partial charge is 0.478 e. The second-order valence-electron chi connectivity index (χ2n) is 6.18. The summed E-state index contributed by atoms with van der Waals surface area (Å²) in [5.41, 5.74) is 6.87. The Labute approximate surface area is 152 Å². The minimum absolute atomic E-state index is 0.0580. The average Bonchev–Trinajstić information content (AvgIpc) is 2.61. The fraction of sp³-hybridized carbons (Fsp3) is 0.353. The molecule has 0 aliphatic carbocycles. The van der Waals surface area contributed by atoms with Crippen LogP contribution in [0.4, 0.5) is 10.2 Å². The third-order valence-electron chi connectivity index (χ3n) is 4.46. The highest BCUT2D eigenvalue weighted by molar-refractivity contribution is 7.81. The van der Waals surface area contributed by atoms with E-state index in [0.29, 0.717) is 23.5 Å². The maximum Gasteiger partial charge on any atom is 0.338 e. The van der Waals surface area contributed by atoms with E-state index in [2.05, 4.69) is 9.97 Å². The van der Waals surface area contributed by atoms with Gasteiger partial charge < -0.3 is 10.8 Å². The molecule has 1 aromatic carbocycles. The van der Waals surface area contributed by atoms with Gasteiger partial charge in [0.25, 0.3) is 0 Å². The molecule has 3 N–H and O–H groups in total. The Hall–Kier alpha value is -2.39. The Morgan fingerprint density at radius 3 is 2.88 bits per heavy atom. The second-order valence-corrected chi connectivity index (χ2v) is 7.54. The van der Waals surface area contributed by atoms with Crippen molar-refractivity contribution < 1.29 is 18.5 Å². The molecule has 0 spiro atoms. The Morgan fingerprint density at radius 2 is 2.23 bits per heavy atom. The van der Waals surface area contributed by atoms with Gasteiger partial charge in [-0.25, -0.2) is 27.7 Å². The van der Waals surface area contributed by atoms with Gasteiger partial charge in [0.2, 0.25) is 0 Å². The summed E-state index contributed by atoms with van der Waals surface area (Å²) in [4.78, 5) is 19.7. The van der Waals surface area contributed by atoms with E-state index in [1.54, 1.807) is 12.5 Å². The van der Waals surface area contributed by atoms with Gasteiger partial charge in [-0.3, -0.25) is 0 Å². The molecule has 1 aliphatic rings. The number of carboxylic acid groups (broad SMARTS) is 1. The van der Waals surface area contributed by atoms with Crippen molar-refractivity contribution in [3.63, 3.8) is 0 Å². The van der Waals surface area contributed by atoms with Crippen molar-refractivity contribution in [2.75, 3.05) is 25.1 Å². The number of piperidine rings is 1. The van der Waals surface area contributed by atoms with Gasteiger partial charge in [-0.2, -0.15) is 0 Å². The van der Waals surface area contributed by atoms with Crippen LogP contribution in [0.5, 0.6) is 0 Å². The Kier molecular flexibility index (Phi) is 5.28. The highest BCUT2D eigenvalue weighted by Crippen LogP contribution is 2.30. The molecule has 1 saturated heterocycles. The molecule has 26 heavy (non-hydrogen) atoms. The number of hydrogen-bond acceptors (Lipinski definition) is 5. The molecule has 0 amide bonds. The molecule has 1 aliphatic heterocycles. The van der Waals surface area contributed by atoms with Crippen LogP contribution in [0.1, 0.15) is 34.8 Å². The number of anilines is 1. The summed E-state index contributed by atoms with van der Waals surface area (Å²) < 4.78 is 27.6. The first kappa shape index (κ1) is 18.4. The second kappa shape index (κ2) is 7.46. The Bertz CT molecular complexity index is 877. The first-order valence-corrected chi connectivity index (χ1v) is 9.62. The number of nitrogens with two attached hydrogens (primary N) is 1. The lowest BCUT2D eigenvalue weighted by atomic mass is 9.96. The van der Waals surface area contributed by atoms with Gasteiger partial charge in [0.15, 0.2) is 0 Å². The van der Waals surface area contributed by atoms with E-state index in [4.69, 9.17) is 10.8 Å². The van der Waals surface area contributed by atoms with Crippen molar-refractivity contribution in [3.05, 3.63) is 41.5 Å². The number of aromatic carboxylic acids is 1. The normalized spacial score (nSPS) is 19.2. The summed E-state index contributed by atoms with van der Waals surface area (Å²) in [6, 6.07) is 3.75. The number of halogens is 1. The lowest BCUT2D eigenvalue weighted by molar-refractivity contribution is 0.0692. The molecular formula is C17H19FN4O3S. The van der Waals surface area contributed by atoms with E-state index in [0.717, 1.165) is 25.5 Å². The van der Waals surface area contributed by atoms with Crippen molar-refractivity contribution in [1.82, 2.24) is 14.3 Å². The van der Waals surface area contributed by atoms with Crippen molar-refractivity contribution >= 4 is 22.8 Å². The highest BCUT2D eigenvalue weighted by atomic mass is 32.2. The van der Waals surface area contributed by atoms with E-state index in [1.165, 1.54) is 12.1 Å². The molecule has 2 aromatic rings. The maximum atomic E-state index is 14.0. The smallest absolute Gasteiger partial charge is 0.338 e. The quantitative estimate of drug-likeness (QED) is 0.843. The average molecular weight is 378 g/mol. The van der Waals surface area contributed by atoms with Crippen molar-refractivity contribution in [3.8, 4) is 11.3 Å². The third-order valence-corrected chi connectivity index (χ3v) is 5.52. The topological polar surface area (TPSA) is 109 Å². The first-order chi connectivity index (χ1) is 12.4. The molecule has 0 radical (unpaired) electrons. The standard InChI is InChI=1S/C17H19FN4O3S/c1-26(25)22-6-2-3-11(9-22)14-8-20-16(19)15(21-14)10-4-5-12(17(23)24)13(18)7-10/h4-5,7-8,11H,2-3,6,9H2,1H3,(H2,19,20)(H,23,24). The van der Waals surface area contributed by atoms with Crippen LogP contribution in [0.25, 0.3) is 11.3 Å². The van der Waals surface area contributed by atoms with E-state index < -0.39 is 28.3 Å². The number of carbonyl (C=O) groups is 1. The monoisotopic (exact) mass is 378 g/mol. The molecule has 2 atom stereocenters. The summed E-state index contributed by atoms with van der Waals surface area (Å²) in [5.74, 6) is -1.99. The molecule has 138 valence electrons. The van der Waals surface area contributed by atoms with Crippen LogP contribution >= 0.6 is 0 Å². The van der Waals surface area contributed by atoms with E-state index in [9.17, 15) is 13.4 Å². The third kappa shape index (κ3) is 3.73. The lowest BCUT2D eigenvalue weighted by Gasteiger charge is -2.30. The van der Waals surface area contributed by atoms with Gasteiger partial charge in [0, 0.05) is 30.8 Å². The van der Waals surface area contributed by atoms with E-state index >= 15 is 0 Å². The fourth-order valence-electron chi connectivity index (χ4n) is 3.07. The SMILES string of the molecule is CS(=O)N1CCCC(c2cnc(N)c(-c3ccc(C(=O)O)c(F)c3)n2)C1. The summed E-state index contributed by atoms with van der Waals surface area (Å²) in [6.45, 7) is 1.38. The fourth-order valence-corrected chi connectivity index (χ4v) is 3.85. The minimum Gasteiger partial charge on any atom is -0.478 e. The van der Waals surface area contributed by atoms with Crippen molar-refractivity contribution in [1.29, 1.82) is 0 Å². The zero-order valence-corrected chi connectivity index (χ0v) is 15.0. The minimum atomic E-state index is -1.34. The predicted octanol–water partition coefficient (Wildman–Crippen LogP) is 2.04. The van der Waals surface area contributed by atoms with Gasteiger partial charge in [0.1, 0.15) is 17.3 Å². The molecule has 0 saturated carbocycles. The zero-order valence-electron chi connectivity index (χ0n) is 14.2. The highest BCUT2D eigenvalue weighted by Gasteiger charge is 2.25.